The van der Waals surface area contributed by atoms with Gasteiger partial charge in [0.05, 0.1) is 6.10 Å². The van der Waals surface area contributed by atoms with Crippen molar-refractivity contribution in [3.05, 3.63) is 12.2 Å². The number of rotatable bonds is 9. The van der Waals surface area contributed by atoms with E-state index in [-0.39, 0.29) is 36.0 Å². The molecule has 0 bridgehead atoms. The van der Waals surface area contributed by atoms with Crippen molar-refractivity contribution >= 4 is 23.9 Å². The second-order valence-corrected chi connectivity index (χ2v) is 9.81. The van der Waals surface area contributed by atoms with E-state index in [9.17, 15) is 19.2 Å². The highest BCUT2D eigenvalue weighted by Crippen LogP contribution is 2.38. The molecule has 11 heteroatoms. The summed E-state index contributed by atoms with van der Waals surface area (Å²) in [4.78, 5) is 47.6. The lowest BCUT2D eigenvalue weighted by atomic mass is 9.84. The Morgan fingerprint density at radius 2 is 1.22 bits per heavy atom. The van der Waals surface area contributed by atoms with Crippen molar-refractivity contribution in [2.75, 3.05) is 6.61 Å². The van der Waals surface area contributed by atoms with Crippen LogP contribution in [0, 0.1) is 17.8 Å². The van der Waals surface area contributed by atoms with E-state index in [4.69, 9.17) is 33.2 Å². The van der Waals surface area contributed by atoms with Crippen LogP contribution in [0.5, 0.6) is 0 Å². The highest BCUT2D eigenvalue weighted by atomic mass is 16.8. The van der Waals surface area contributed by atoms with Crippen LogP contribution in [0.4, 0.5) is 0 Å². The fourth-order valence-corrected chi connectivity index (χ4v) is 4.63. The number of hydrogen-bond donors (Lipinski definition) is 0. The third-order valence-corrected chi connectivity index (χ3v) is 6.76. The molecule has 0 saturated carbocycles. The van der Waals surface area contributed by atoms with Crippen molar-refractivity contribution in [3.63, 3.8) is 0 Å². The fourth-order valence-electron chi connectivity index (χ4n) is 4.63. The average molecular weight is 529 g/mol. The molecule has 2 heterocycles. The van der Waals surface area contributed by atoms with Gasteiger partial charge in [0, 0.05) is 44.1 Å². The van der Waals surface area contributed by atoms with Crippen LogP contribution >= 0.6 is 0 Å². The molecule has 0 aromatic heterocycles. The summed E-state index contributed by atoms with van der Waals surface area (Å²) in [5.41, 5.74) is 0.213. The van der Waals surface area contributed by atoms with Gasteiger partial charge in [-0.2, -0.15) is 0 Å². The molecule has 0 spiro atoms. The zero-order valence-electron chi connectivity index (χ0n) is 22.9. The normalized spacial score (nSPS) is 35.7. The molecular weight excluding hydrogens is 488 g/mol. The molecule has 10 atom stereocenters. The predicted molar refractivity (Wildman–Crippen MR) is 129 cm³/mol. The van der Waals surface area contributed by atoms with Crippen LogP contribution in [-0.4, -0.2) is 73.6 Å². The molecule has 2 rings (SSSR count). The van der Waals surface area contributed by atoms with E-state index in [1.807, 2.05) is 27.7 Å². The zero-order valence-corrected chi connectivity index (χ0v) is 22.9. The van der Waals surface area contributed by atoms with Gasteiger partial charge >= 0.3 is 23.9 Å². The monoisotopic (exact) mass is 528 g/mol. The van der Waals surface area contributed by atoms with Crippen LogP contribution < -0.4 is 0 Å². The molecule has 0 N–H and O–H groups in total. The number of esters is 4. The van der Waals surface area contributed by atoms with Gasteiger partial charge in [-0.1, -0.05) is 34.3 Å². The summed E-state index contributed by atoms with van der Waals surface area (Å²) in [6, 6.07) is 0. The minimum absolute atomic E-state index is 0.204. The SMILES string of the molecule is C=C(C)C(=O)OC[C@H]1O[C@H](O[C@H]2O[C@H](CC)[C@@H](C)[C@H](OC(C)=O)[C@H]2OC(C)=O)[C@H](C)[C@@H](C)C1OC(C)=O. The molecule has 210 valence electrons. The summed E-state index contributed by atoms with van der Waals surface area (Å²) in [6.45, 7) is 16.2. The van der Waals surface area contributed by atoms with E-state index in [2.05, 4.69) is 6.58 Å². The molecule has 2 aliphatic heterocycles. The molecule has 0 amide bonds. The fraction of sp³-hybridized carbons (Fsp3) is 0.769. The largest absolute Gasteiger partial charge is 0.459 e. The Bertz CT molecular complexity index is 855. The van der Waals surface area contributed by atoms with E-state index >= 15 is 0 Å². The summed E-state index contributed by atoms with van der Waals surface area (Å²) in [6.07, 6.45) is -5.18. The lowest BCUT2D eigenvalue weighted by Gasteiger charge is -2.48. The Morgan fingerprint density at radius 1 is 0.703 bits per heavy atom. The van der Waals surface area contributed by atoms with Crippen LogP contribution in [0.2, 0.25) is 0 Å². The molecule has 11 nitrogen and oxygen atoms in total. The van der Waals surface area contributed by atoms with Gasteiger partial charge in [0.1, 0.15) is 24.9 Å². The Hall–Kier alpha value is -2.50. The number of hydrogen-bond acceptors (Lipinski definition) is 11. The molecule has 0 aromatic rings. The summed E-state index contributed by atoms with van der Waals surface area (Å²) in [5, 5.41) is 0. The maximum Gasteiger partial charge on any atom is 0.333 e. The van der Waals surface area contributed by atoms with Gasteiger partial charge < -0.3 is 33.2 Å². The zero-order chi connectivity index (χ0) is 28.0. The van der Waals surface area contributed by atoms with Crippen molar-refractivity contribution in [2.24, 2.45) is 17.8 Å². The van der Waals surface area contributed by atoms with Crippen LogP contribution in [0.25, 0.3) is 0 Å². The summed E-state index contributed by atoms with van der Waals surface area (Å²) < 4.78 is 40.4. The summed E-state index contributed by atoms with van der Waals surface area (Å²) >= 11 is 0. The minimum Gasteiger partial charge on any atom is -0.459 e. The first-order valence-electron chi connectivity index (χ1n) is 12.6. The molecule has 2 fully saturated rings. The molecule has 2 aliphatic rings. The van der Waals surface area contributed by atoms with Crippen molar-refractivity contribution < 1.29 is 52.3 Å². The topological polar surface area (TPSA) is 133 Å². The number of carbonyl (C=O) groups excluding carboxylic acids is 4. The van der Waals surface area contributed by atoms with Crippen LogP contribution in [0.3, 0.4) is 0 Å². The van der Waals surface area contributed by atoms with Gasteiger partial charge in [-0.3, -0.25) is 14.4 Å². The molecule has 0 aromatic carbocycles. The van der Waals surface area contributed by atoms with E-state index < -0.39 is 60.9 Å². The summed E-state index contributed by atoms with van der Waals surface area (Å²) in [5.74, 6) is -3.08. The maximum atomic E-state index is 12.0. The first-order valence-corrected chi connectivity index (χ1v) is 12.6. The van der Waals surface area contributed by atoms with Gasteiger partial charge in [0.15, 0.2) is 12.4 Å². The Kier molecular flexibility index (Phi) is 11.1. The Morgan fingerprint density at radius 3 is 1.73 bits per heavy atom. The van der Waals surface area contributed by atoms with Gasteiger partial charge in [0.2, 0.25) is 6.29 Å². The molecule has 0 aliphatic carbocycles. The predicted octanol–water partition coefficient (Wildman–Crippen LogP) is 2.69. The third kappa shape index (κ3) is 7.99. The summed E-state index contributed by atoms with van der Waals surface area (Å²) in [7, 11) is 0. The van der Waals surface area contributed by atoms with Crippen LogP contribution in [0.15, 0.2) is 12.2 Å². The molecule has 37 heavy (non-hydrogen) atoms. The van der Waals surface area contributed by atoms with E-state index in [0.717, 1.165) is 0 Å². The van der Waals surface area contributed by atoms with Crippen LogP contribution in [0.1, 0.15) is 61.8 Å². The maximum absolute atomic E-state index is 12.0. The first-order chi connectivity index (χ1) is 17.3. The minimum atomic E-state index is -1.11. The quantitative estimate of drug-likeness (QED) is 0.248. The van der Waals surface area contributed by atoms with E-state index in [1.54, 1.807) is 0 Å². The van der Waals surface area contributed by atoms with Gasteiger partial charge in [0.25, 0.3) is 0 Å². The van der Waals surface area contributed by atoms with Crippen LogP contribution in [-0.2, 0) is 52.3 Å². The second kappa shape index (κ2) is 13.3. The van der Waals surface area contributed by atoms with Gasteiger partial charge in [-0.05, 0) is 13.3 Å². The molecule has 1 unspecified atom stereocenters. The molecule has 2 saturated heterocycles. The first kappa shape index (κ1) is 30.7. The average Bonchev–Trinajstić information content (AvgIpc) is 2.80. The smallest absolute Gasteiger partial charge is 0.333 e. The van der Waals surface area contributed by atoms with E-state index in [0.29, 0.717) is 6.42 Å². The van der Waals surface area contributed by atoms with Crippen molar-refractivity contribution in [3.8, 4) is 0 Å². The Labute approximate surface area is 218 Å². The van der Waals surface area contributed by atoms with Gasteiger partial charge in [-0.15, -0.1) is 0 Å². The van der Waals surface area contributed by atoms with E-state index in [1.165, 1.54) is 27.7 Å². The lowest BCUT2D eigenvalue weighted by Crippen LogP contribution is -2.60. The Balaban J connectivity index is 2.33. The highest BCUT2D eigenvalue weighted by molar-refractivity contribution is 5.86. The number of carbonyl (C=O) groups is 4. The number of ether oxygens (including phenoxy) is 7. The molecular formula is C26H40O11. The lowest BCUT2D eigenvalue weighted by molar-refractivity contribution is -0.360. The highest BCUT2D eigenvalue weighted by Gasteiger charge is 2.51. The standard InChI is InChI=1S/C26H40O11/c1-10-19-15(6)22(33-17(8)28)23(34-18(9)29)26(35-19)37-25-14(5)13(4)21(32-16(7)27)20(36-25)11-31-24(30)12(2)3/h13-15,19-23,25-26H,2,10-11H2,1,3-9H3/t13-,14-,15-,19-,20-,21?,22+,23-,25-,26-/m1/s1. The van der Waals surface area contributed by atoms with Gasteiger partial charge in [-0.25, -0.2) is 4.79 Å². The second-order valence-electron chi connectivity index (χ2n) is 9.81. The van der Waals surface area contributed by atoms with Crippen molar-refractivity contribution in [2.45, 2.75) is 105 Å². The molecule has 0 radical (unpaired) electrons. The third-order valence-electron chi connectivity index (χ3n) is 6.76. The van der Waals surface area contributed by atoms with Crippen molar-refractivity contribution in [1.82, 2.24) is 0 Å². The van der Waals surface area contributed by atoms with Crippen molar-refractivity contribution in [1.29, 1.82) is 0 Å².